The van der Waals surface area contributed by atoms with Gasteiger partial charge in [0.1, 0.15) is 0 Å². The van der Waals surface area contributed by atoms with Crippen molar-refractivity contribution in [3.05, 3.63) is 71.8 Å². The Kier molecular flexibility index (Phi) is 12.6. The number of rotatable bonds is 17. The monoisotopic (exact) mass is 436 g/mol. The van der Waals surface area contributed by atoms with Crippen LogP contribution in [0.4, 0.5) is 0 Å². The summed E-state index contributed by atoms with van der Waals surface area (Å²) in [5, 5.41) is 0. The van der Waals surface area contributed by atoms with Crippen molar-refractivity contribution >= 4 is 11.6 Å². The van der Waals surface area contributed by atoms with Crippen LogP contribution in [0.1, 0.15) is 97.8 Å². The minimum Gasteiger partial charge on any atom is -0.321 e. The number of hydrogen-bond acceptors (Lipinski definition) is 4. The largest absolute Gasteiger partial charge is 0.321 e. The Balaban J connectivity index is 1.39. The van der Waals surface area contributed by atoms with Gasteiger partial charge in [-0.1, -0.05) is 125 Å². The van der Waals surface area contributed by atoms with Gasteiger partial charge < -0.3 is 11.5 Å². The molecular formula is C28H40N2O2. The standard InChI is InChI=1S/C28H40N2O2/c29-25(27(31)23-17-11-9-12-18-23)21-15-7-5-3-1-2-4-6-8-16-22-26(30)28(32)24-19-13-10-14-20-24/h9-14,17-20,25-26H,1-8,15-16,21-22,29-30H2/t25-,26-/m0/s1. The molecule has 2 aromatic carbocycles. The molecule has 0 unspecified atom stereocenters. The molecule has 0 aliphatic heterocycles. The fraction of sp³-hybridized carbons (Fsp3) is 0.500. The normalized spacial score (nSPS) is 12.9. The second-order valence-corrected chi connectivity index (χ2v) is 8.79. The Labute approximate surface area is 193 Å². The molecule has 0 saturated heterocycles. The van der Waals surface area contributed by atoms with E-state index in [9.17, 15) is 9.59 Å². The van der Waals surface area contributed by atoms with Crippen LogP contribution in [0.5, 0.6) is 0 Å². The zero-order valence-corrected chi connectivity index (χ0v) is 19.4. The molecule has 4 heteroatoms. The molecule has 0 radical (unpaired) electrons. The van der Waals surface area contributed by atoms with Crippen molar-refractivity contribution in [1.82, 2.24) is 0 Å². The lowest BCUT2D eigenvalue weighted by atomic mass is 9.98. The maximum Gasteiger partial charge on any atom is 0.179 e. The van der Waals surface area contributed by atoms with Crippen LogP contribution in [-0.4, -0.2) is 23.7 Å². The predicted octanol–water partition coefficient (Wildman–Crippen LogP) is 6.09. The summed E-state index contributed by atoms with van der Waals surface area (Å²) in [6.07, 6.45) is 13.3. The van der Waals surface area contributed by atoms with E-state index in [4.69, 9.17) is 11.5 Å². The van der Waals surface area contributed by atoms with Crippen LogP contribution >= 0.6 is 0 Å². The van der Waals surface area contributed by atoms with Gasteiger partial charge in [-0.25, -0.2) is 0 Å². The van der Waals surface area contributed by atoms with E-state index in [-0.39, 0.29) is 23.7 Å². The van der Waals surface area contributed by atoms with Crippen LogP contribution in [0.2, 0.25) is 0 Å². The predicted molar refractivity (Wildman–Crippen MR) is 133 cm³/mol. The molecule has 0 fully saturated rings. The van der Waals surface area contributed by atoms with Crippen LogP contribution < -0.4 is 11.5 Å². The molecule has 0 amide bonds. The minimum absolute atomic E-state index is 0.0518. The minimum atomic E-state index is -0.381. The van der Waals surface area contributed by atoms with Gasteiger partial charge in [-0.05, 0) is 12.8 Å². The molecule has 4 nitrogen and oxygen atoms in total. The van der Waals surface area contributed by atoms with Gasteiger partial charge in [-0.3, -0.25) is 9.59 Å². The number of carbonyl (C=O) groups excluding carboxylic acids is 2. The highest BCUT2D eigenvalue weighted by Gasteiger charge is 2.15. The Bertz CT molecular complexity index is 709. The van der Waals surface area contributed by atoms with E-state index in [1.54, 1.807) is 0 Å². The van der Waals surface area contributed by atoms with Gasteiger partial charge in [0.15, 0.2) is 11.6 Å². The molecule has 0 bridgehead atoms. The van der Waals surface area contributed by atoms with E-state index >= 15 is 0 Å². The van der Waals surface area contributed by atoms with E-state index in [1.165, 1.54) is 38.5 Å². The zero-order chi connectivity index (χ0) is 23.0. The molecule has 0 heterocycles. The van der Waals surface area contributed by atoms with E-state index in [0.29, 0.717) is 11.1 Å². The van der Waals surface area contributed by atoms with E-state index in [1.807, 2.05) is 60.7 Å². The van der Waals surface area contributed by atoms with Crippen LogP contribution in [-0.2, 0) is 0 Å². The van der Waals surface area contributed by atoms with Crippen LogP contribution in [0, 0.1) is 0 Å². The lowest BCUT2D eigenvalue weighted by Gasteiger charge is -2.11. The lowest BCUT2D eigenvalue weighted by molar-refractivity contribution is 0.0948. The fourth-order valence-electron chi connectivity index (χ4n) is 4.04. The molecule has 0 spiro atoms. The topological polar surface area (TPSA) is 86.2 Å². The molecule has 0 saturated carbocycles. The second-order valence-electron chi connectivity index (χ2n) is 8.79. The molecule has 0 aliphatic rings. The highest BCUT2D eigenvalue weighted by molar-refractivity contribution is 6.00. The summed E-state index contributed by atoms with van der Waals surface area (Å²) in [6, 6.07) is 17.9. The Morgan fingerprint density at radius 1 is 0.500 bits per heavy atom. The average Bonchev–Trinajstić information content (AvgIpc) is 2.84. The maximum absolute atomic E-state index is 12.2. The smallest absolute Gasteiger partial charge is 0.179 e. The summed E-state index contributed by atoms with van der Waals surface area (Å²) >= 11 is 0. The zero-order valence-electron chi connectivity index (χ0n) is 19.4. The quantitative estimate of drug-likeness (QED) is 0.232. The van der Waals surface area contributed by atoms with Crippen molar-refractivity contribution in [1.29, 1.82) is 0 Å². The first-order valence-electron chi connectivity index (χ1n) is 12.3. The molecule has 0 aliphatic carbocycles. The highest BCUT2D eigenvalue weighted by Crippen LogP contribution is 2.14. The Morgan fingerprint density at radius 2 is 0.781 bits per heavy atom. The lowest BCUT2D eigenvalue weighted by Crippen LogP contribution is -2.30. The van der Waals surface area contributed by atoms with Gasteiger partial charge in [-0.2, -0.15) is 0 Å². The van der Waals surface area contributed by atoms with Gasteiger partial charge in [0.2, 0.25) is 0 Å². The maximum atomic E-state index is 12.2. The molecule has 2 rings (SSSR count). The highest BCUT2D eigenvalue weighted by atomic mass is 16.1. The van der Waals surface area contributed by atoms with Crippen molar-refractivity contribution < 1.29 is 9.59 Å². The number of hydrogen-bond donors (Lipinski definition) is 2. The van der Waals surface area contributed by atoms with Crippen LogP contribution in [0.15, 0.2) is 60.7 Å². The van der Waals surface area contributed by atoms with Gasteiger partial charge in [-0.15, -0.1) is 0 Å². The molecule has 32 heavy (non-hydrogen) atoms. The summed E-state index contributed by atoms with van der Waals surface area (Å²) in [5.41, 5.74) is 13.5. The summed E-state index contributed by atoms with van der Waals surface area (Å²) in [6.45, 7) is 0. The van der Waals surface area contributed by atoms with Gasteiger partial charge in [0, 0.05) is 11.1 Å². The number of Topliss-reactive ketones (excluding diaryl/α,β-unsaturated/α-hetero) is 2. The second kappa shape index (κ2) is 15.5. The van der Waals surface area contributed by atoms with E-state index in [0.717, 1.165) is 38.5 Å². The average molecular weight is 437 g/mol. The first kappa shape index (κ1) is 26.0. The Hall–Kier alpha value is -2.30. The van der Waals surface area contributed by atoms with Crippen LogP contribution in [0.25, 0.3) is 0 Å². The summed E-state index contributed by atoms with van der Waals surface area (Å²) in [7, 11) is 0. The van der Waals surface area contributed by atoms with Crippen LogP contribution in [0.3, 0.4) is 0 Å². The third-order valence-corrected chi connectivity index (χ3v) is 6.07. The van der Waals surface area contributed by atoms with Gasteiger partial charge in [0.25, 0.3) is 0 Å². The molecular weight excluding hydrogens is 396 g/mol. The van der Waals surface area contributed by atoms with Crippen molar-refractivity contribution in [2.75, 3.05) is 0 Å². The van der Waals surface area contributed by atoms with Gasteiger partial charge in [0.05, 0.1) is 12.1 Å². The molecule has 2 atom stereocenters. The number of ketones is 2. The van der Waals surface area contributed by atoms with E-state index < -0.39 is 0 Å². The number of unbranched alkanes of at least 4 members (excludes halogenated alkanes) is 9. The summed E-state index contributed by atoms with van der Waals surface area (Å²) in [4.78, 5) is 24.5. The van der Waals surface area contributed by atoms with Crippen molar-refractivity contribution in [3.8, 4) is 0 Å². The van der Waals surface area contributed by atoms with Crippen molar-refractivity contribution in [3.63, 3.8) is 0 Å². The van der Waals surface area contributed by atoms with E-state index in [2.05, 4.69) is 0 Å². The summed E-state index contributed by atoms with van der Waals surface area (Å²) < 4.78 is 0. The van der Waals surface area contributed by atoms with Crippen molar-refractivity contribution in [2.24, 2.45) is 11.5 Å². The molecule has 4 N–H and O–H groups in total. The molecule has 0 aromatic heterocycles. The van der Waals surface area contributed by atoms with Crippen molar-refractivity contribution in [2.45, 2.75) is 89.1 Å². The number of benzene rings is 2. The Morgan fingerprint density at radius 3 is 1.09 bits per heavy atom. The SMILES string of the molecule is N[C@@H](CCCCCCCCCCCC[C@H](N)C(=O)c1ccccc1)C(=O)c1ccccc1. The molecule has 2 aromatic rings. The third-order valence-electron chi connectivity index (χ3n) is 6.07. The first-order chi connectivity index (χ1) is 15.6. The third kappa shape index (κ3) is 9.88. The van der Waals surface area contributed by atoms with Gasteiger partial charge >= 0.3 is 0 Å². The molecule has 174 valence electrons. The number of nitrogens with two attached hydrogens (primary N) is 2. The number of carbonyl (C=O) groups is 2. The fourth-order valence-corrected chi connectivity index (χ4v) is 4.04. The first-order valence-corrected chi connectivity index (χ1v) is 12.3. The summed E-state index contributed by atoms with van der Waals surface area (Å²) in [5.74, 6) is 0.104.